The van der Waals surface area contributed by atoms with Crippen molar-refractivity contribution >= 4 is 23.0 Å². The van der Waals surface area contributed by atoms with Gasteiger partial charge in [0.05, 0.1) is 16.4 Å². The Bertz CT molecular complexity index is 435. The first-order valence-electron chi connectivity index (χ1n) is 6.04. The molecule has 0 radical (unpaired) electrons. The summed E-state index contributed by atoms with van der Waals surface area (Å²) in [6.45, 7) is 1.55. The van der Waals surface area contributed by atoms with E-state index in [0.29, 0.717) is 16.8 Å². The molecule has 0 atom stereocenters. The van der Waals surface area contributed by atoms with E-state index in [4.69, 9.17) is 22.1 Å². The van der Waals surface area contributed by atoms with Gasteiger partial charge >= 0.3 is 0 Å². The Morgan fingerprint density at radius 3 is 2.83 bits per heavy atom. The van der Waals surface area contributed by atoms with Gasteiger partial charge in [0.2, 0.25) is 0 Å². The highest BCUT2D eigenvalue weighted by atomic mass is 35.5. The summed E-state index contributed by atoms with van der Waals surface area (Å²) in [6.07, 6.45) is 3.38. The Kier molecular flexibility index (Phi) is 3.97. The molecule has 1 aromatic carbocycles. The number of benzene rings is 1. The molecule has 0 saturated heterocycles. The van der Waals surface area contributed by atoms with Crippen LogP contribution >= 0.6 is 11.6 Å². The molecule has 18 heavy (non-hydrogen) atoms. The van der Waals surface area contributed by atoms with E-state index in [9.17, 15) is 4.39 Å². The third kappa shape index (κ3) is 3.06. The molecule has 2 rings (SSSR count). The number of nitrogens with two attached hydrogens (primary N) is 1. The number of hydrogen-bond acceptors (Lipinski definition) is 3. The Balaban J connectivity index is 1.96. The van der Waals surface area contributed by atoms with Crippen LogP contribution in [0.25, 0.3) is 0 Å². The third-order valence-electron chi connectivity index (χ3n) is 3.54. The molecule has 1 aliphatic rings. The minimum atomic E-state index is -0.449. The molecule has 0 bridgehead atoms. The Hall–Kier alpha value is -1.00. The number of halogens is 2. The van der Waals surface area contributed by atoms with Crippen LogP contribution < -0.4 is 11.1 Å². The minimum absolute atomic E-state index is 0.0542. The Morgan fingerprint density at radius 2 is 2.22 bits per heavy atom. The maximum absolute atomic E-state index is 13.3. The zero-order chi connectivity index (χ0) is 13.2. The number of ether oxygens (including phenoxy) is 1. The van der Waals surface area contributed by atoms with Crippen molar-refractivity contribution in [3.63, 3.8) is 0 Å². The van der Waals surface area contributed by atoms with Gasteiger partial charge in [-0.05, 0) is 30.7 Å². The fourth-order valence-corrected chi connectivity index (χ4v) is 2.18. The number of hydrogen-bond donors (Lipinski definition) is 2. The lowest BCUT2D eigenvalue weighted by Crippen LogP contribution is -2.18. The molecule has 3 nitrogen and oxygen atoms in total. The molecule has 5 heteroatoms. The van der Waals surface area contributed by atoms with Crippen LogP contribution in [0.4, 0.5) is 15.8 Å². The number of nitrogens with one attached hydrogen (secondary N) is 1. The Labute approximate surface area is 111 Å². The second-order valence-electron chi connectivity index (χ2n) is 4.95. The molecule has 0 aromatic heterocycles. The molecule has 1 fully saturated rings. The van der Waals surface area contributed by atoms with Crippen molar-refractivity contribution in [3.8, 4) is 0 Å². The van der Waals surface area contributed by atoms with Crippen LogP contribution in [0.1, 0.15) is 19.3 Å². The molecule has 1 aromatic rings. The maximum Gasteiger partial charge on any atom is 0.143 e. The van der Waals surface area contributed by atoms with E-state index < -0.39 is 5.82 Å². The van der Waals surface area contributed by atoms with Crippen molar-refractivity contribution in [2.45, 2.75) is 19.3 Å². The first-order chi connectivity index (χ1) is 8.56. The smallest absolute Gasteiger partial charge is 0.143 e. The SMILES string of the molecule is COCCC1(CNc2cc(F)c(Cl)cc2N)CC1. The summed E-state index contributed by atoms with van der Waals surface area (Å²) in [6, 6.07) is 2.79. The van der Waals surface area contributed by atoms with Crippen LogP contribution in [-0.4, -0.2) is 20.3 Å². The van der Waals surface area contributed by atoms with Crippen LogP contribution in [-0.2, 0) is 4.74 Å². The summed E-state index contributed by atoms with van der Waals surface area (Å²) in [5, 5.41) is 3.27. The number of rotatable bonds is 6. The molecule has 1 aliphatic carbocycles. The normalized spacial score (nSPS) is 16.6. The van der Waals surface area contributed by atoms with Gasteiger partial charge in [-0.1, -0.05) is 11.6 Å². The van der Waals surface area contributed by atoms with Gasteiger partial charge in [0.1, 0.15) is 5.82 Å². The van der Waals surface area contributed by atoms with E-state index >= 15 is 0 Å². The van der Waals surface area contributed by atoms with Gasteiger partial charge in [0.25, 0.3) is 0 Å². The van der Waals surface area contributed by atoms with Gasteiger partial charge in [0, 0.05) is 26.3 Å². The largest absolute Gasteiger partial charge is 0.397 e. The van der Waals surface area contributed by atoms with Crippen molar-refractivity contribution in [2.24, 2.45) is 5.41 Å². The van der Waals surface area contributed by atoms with Gasteiger partial charge in [0.15, 0.2) is 0 Å². The average molecular weight is 273 g/mol. The summed E-state index contributed by atoms with van der Waals surface area (Å²) in [4.78, 5) is 0. The predicted molar refractivity (Wildman–Crippen MR) is 72.5 cm³/mol. The first-order valence-corrected chi connectivity index (χ1v) is 6.41. The summed E-state index contributed by atoms with van der Waals surface area (Å²) in [5.74, 6) is -0.449. The fourth-order valence-electron chi connectivity index (χ4n) is 2.01. The van der Waals surface area contributed by atoms with Gasteiger partial charge in [-0.25, -0.2) is 4.39 Å². The van der Waals surface area contributed by atoms with Gasteiger partial charge in [-0.3, -0.25) is 0 Å². The van der Waals surface area contributed by atoms with Crippen molar-refractivity contribution in [2.75, 3.05) is 31.3 Å². The number of methoxy groups -OCH3 is 1. The van der Waals surface area contributed by atoms with Gasteiger partial charge in [-0.15, -0.1) is 0 Å². The van der Waals surface area contributed by atoms with Crippen LogP contribution in [0, 0.1) is 11.2 Å². The van der Waals surface area contributed by atoms with E-state index in [1.54, 1.807) is 7.11 Å². The van der Waals surface area contributed by atoms with Crippen molar-refractivity contribution in [3.05, 3.63) is 23.0 Å². The molecule has 0 aliphatic heterocycles. The van der Waals surface area contributed by atoms with Crippen molar-refractivity contribution in [1.82, 2.24) is 0 Å². The van der Waals surface area contributed by atoms with E-state index in [1.165, 1.54) is 25.0 Å². The second-order valence-corrected chi connectivity index (χ2v) is 5.36. The zero-order valence-electron chi connectivity index (χ0n) is 10.4. The highest BCUT2D eigenvalue weighted by molar-refractivity contribution is 6.31. The summed E-state index contributed by atoms with van der Waals surface area (Å²) < 4.78 is 18.4. The molecule has 0 spiro atoms. The topological polar surface area (TPSA) is 47.3 Å². The molecular weight excluding hydrogens is 255 g/mol. The molecular formula is C13H18ClFN2O. The zero-order valence-corrected chi connectivity index (χ0v) is 11.2. The third-order valence-corrected chi connectivity index (χ3v) is 3.83. The lowest BCUT2D eigenvalue weighted by Gasteiger charge is -2.17. The van der Waals surface area contributed by atoms with Crippen LogP contribution in [0.3, 0.4) is 0 Å². The van der Waals surface area contributed by atoms with Crippen molar-refractivity contribution in [1.29, 1.82) is 0 Å². The molecule has 0 heterocycles. The lowest BCUT2D eigenvalue weighted by atomic mass is 10.0. The number of anilines is 2. The van der Waals surface area contributed by atoms with Crippen molar-refractivity contribution < 1.29 is 9.13 Å². The second kappa shape index (κ2) is 5.33. The van der Waals surface area contributed by atoms with E-state index in [1.807, 2.05) is 0 Å². The van der Waals surface area contributed by atoms with Crippen LogP contribution in [0.2, 0.25) is 5.02 Å². The molecule has 3 N–H and O–H groups in total. The van der Waals surface area contributed by atoms with Crippen LogP contribution in [0.15, 0.2) is 12.1 Å². The van der Waals surface area contributed by atoms with E-state index in [0.717, 1.165) is 19.6 Å². The van der Waals surface area contributed by atoms with Gasteiger partial charge in [-0.2, -0.15) is 0 Å². The summed E-state index contributed by atoms with van der Waals surface area (Å²) in [7, 11) is 1.70. The minimum Gasteiger partial charge on any atom is -0.397 e. The monoisotopic (exact) mass is 272 g/mol. The molecule has 0 unspecified atom stereocenters. The first kappa shape index (κ1) is 13.4. The molecule has 100 valence electrons. The fraction of sp³-hybridized carbons (Fsp3) is 0.538. The predicted octanol–water partition coefficient (Wildman–Crippen LogP) is 3.29. The summed E-state index contributed by atoms with van der Waals surface area (Å²) >= 11 is 5.66. The highest BCUT2D eigenvalue weighted by Crippen LogP contribution is 2.48. The summed E-state index contributed by atoms with van der Waals surface area (Å²) in [5.41, 5.74) is 7.18. The highest BCUT2D eigenvalue weighted by Gasteiger charge is 2.41. The quantitative estimate of drug-likeness (QED) is 0.781. The Morgan fingerprint density at radius 1 is 1.50 bits per heavy atom. The van der Waals surface area contributed by atoms with Gasteiger partial charge < -0.3 is 15.8 Å². The maximum atomic E-state index is 13.3. The van der Waals surface area contributed by atoms with E-state index in [2.05, 4.69) is 5.32 Å². The number of nitrogen functional groups attached to an aromatic ring is 1. The molecule has 1 saturated carbocycles. The average Bonchev–Trinajstić information content (AvgIpc) is 3.10. The molecule has 0 amide bonds. The lowest BCUT2D eigenvalue weighted by molar-refractivity contribution is 0.175. The van der Waals surface area contributed by atoms with E-state index in [-0.39, 0.29) is 5.02 Å². The standard InChI is InChI=1S/C13H18ClFN2O/c1-18-5-4-13(2-3-13)8-17-12-7-10(15)9(14)6-11(12)16/h6-7,17H,2-5,8,16H2,1H3. The van der Waals surface area contributed by atoms with Crippen LogP contribution in [0.5, 0.6) is 0 Å².